The van der Waals surface area contributed by atoms with Crippen molar-refractivity contribution in [2.45, 2.75) is 51.9 Å². The van der Waals surface area contributed by atoms with Crippen LogP contribution in [0.1, 0.15) is 40.0 Å². The maximum absolute atomic E-state index is 5.74. The van der Waals surface area contributed by atoms with Crippen molar-refractivity contribution in [2.75, 3.05) is 6.61 Å². The van der Waals surface area contributed by atoms with Crippen molar-refractivity contribution < 1.29 is 9.47 Å². The van der Waals surface area contributed by atoms with Gasteiger partial charge in [0.2, 0.25) is 0 Å². The fourth-order valence-electron chi connectivity index (χ4n) is 1.83. The third kappa shape index (κ3) is 1.80. The number of hydrogen-bond donors (Lipinski definition) is 0. The van der Waals surface area contributed by atoms with Crippen LogP contribution in [-0.2, 0) is 9.47 Å². The van der Waals surface area contributed by atoms with Crippen LogP contribution in [0.2, 0.25) is 0 Å². The fraction of sp³-hybridized carbons (Fsp3) is 1.00. The molecule has 2 rings (SSSR count). The quantitative estimate of drug-likeness (QED) is 0.633. The summed E-state index contributed by atoms with van der Waals surface area (Å²) in [5.74, 6) is -0.337. The van der Waals surface area contributed by atoms with Gasteiger partial charge >= 0.3 is 0 Å². The average molecular weight is 170 g/mol. The van der Waals surface area contributed by atoms with Crippen LogP contribution in [0.15, 0.2) is 0 Å². The maximum Gasteiger partial charge on any atom is 0.163 e. The summed E-state index contributed by atoms with van der Waals surface area (Å²) in [6.45, 7) is 7.09. The van der Waals surface area contributed by atoms with Crippen LogP contribution < -0.4 is 0 Å². The van der Waals surface area contributed by atoms with Crippen LogP contribution in [0.3, 0.4) is 0 Å². The van der Waals surface area contributed by atoms with Crippen LogP contribution in [0.25, 0.3) is 0 Å². The third-order valence-electron chi connectivity index (χ3n) is 2.89. The van der Waals surface area contributed by atoms with Gasteiger partial charge in [0, 0.05) is 0 Å². The zero-order chi connectivity index (χ0) is 8.82. The molecule has 0 aromatic heterocycles. The third-order valence-corrected chi connectivity index (χ3v) is 2.89. The van der Waals surface area contributed by atoms with Crippen LogP contribution >= 0.6 is 0 Å². The van der Waals surface area contributed by atoms with E-state index in [0.717, 1.165) is 6.61 Å². The van der Waals surface area contributed by atoms with E-state index in [-0.39, 0.29) is 5.79 Å². The minimum atomic E-state index is -0.337. The molecular formula is C10H18O2. The molecule has 0 aromatic rings. The molecule has 2 nitrogen and oxygen atoms in total. The Labute approximate surface area is 74.2 Å². The van der Waals surface area contributed by atoms with E-state index >= 15 is 0 Å². The second-order valence-corrected chi connectivity index (χ2v) is 4.97. The number of ether oxygens (including phenoxy) is 2. The van der Waals surface area contributed by atoms with E-state index in [1.807, 2.05) is 13.8 Å². The van der Waals surface area contributed by atoms with E-state index in [4.69, 9.17) is 9.47 Å². The van der Waals surface area contributed by atoms with Crippen molar-refractivity contribution in [1.29, 1.82) is 0 Å². The molecule has 0 unspecified atom stereocenters. The molecule has 1 saturated heterocycles. The molecule has 0 aromatic carbocycles. The molecule has 1 aliphatic heterocycles. The topological polar surface area (TPSA) is 18.5 Å². The second kappa shape index (κ2) is 2.46. The molecule has 2 aliphatic rings. The lowest BCUT2D eigenvalue weighted by molar-refractivity contribution is -0.140. The average Bonchev–Trinajstić information content (AvgIpc) is 2.53. The lowest BCUT2D eigenvalue weighted by Gasteiger charge is -2.18. The largest absolute Gasteiger partial charge is 0.348 e. The van der Waals surface area contributed by atoms with Gasteiger partial charge in [0.25, 0.3) is 0 Å². The minimum absolute atomic E-state index is 0.337. The van der Waals surface area contributed by atoms with E-state index < -0.39 is 0 Å². The zero-order valence-electron chi connectivity index (χ0n) is 8.22. The predicted octanol–water partition coefficient (Wildman–Crippen LogP) is 2.33. The normalized spacial score (nSPS) is 36.8. The molecule has 1 atom stereocenters. The smallest absolute Gasteiger partial charge is 0.163 e. The van der Waals surface area contributed by atoms with Gasteiger partial charge in [-0.3, -0.25) is 0 Å². The highest BCUT2D eigenvalue weighted by molar-refractivity contribution is 4.91. The molecule has 12 heavy (non-hydrogen) atoms. The molecule has 0 radical (unpaired) electrons. The first-order valence-corrected chi connectivity index (χ1v) is 4.81. The van der Waals surface area contributed by atoms with E-state index in [1.54, 1.807) is 0 Å². The molecule has 2 heteroatoms. The molecule has 0 amide bonds. The Hall–Kier alpha value is -0.0800. The summed E-state index contributed by atoms with van der Waals surface area (Å²) in [6.07, 6.45) is 4.25. The highest BCUT2D eigenvalue weighted by Crippen LogP contribution is 2.50. The zero-order valence-corrected chi connectivity index (χ0v) is 8.22. The second-order valence-electron chi connectivity index (χ2n) is 4.97. The lowest BCUT2D eigenvalue weighted by atomic mass is 10.0. The van der Waals surface area contributed by atoms with Gasteiger partial charge in [0.05, 0.1) is 12.7 Å². The highest BCUT2D eigenvalue weighted by Gasteiger charge is 2.43. The Morgan fingerprint density at radius 3 is 2.33 bits per heavy atom. The summed E-state index contributed by atoms with van der Waals surface area (Å²) in [6, 6.07) is 0. The van der Waals surface area contributed by atoms with Gasteiger partial charge in [-0.05, 0) is 38.5 Å². The van der Waals surface area contributed by atoms with E-state index in [1.165, 1.54) is 19.3 Å². The SMILES string of the molecule is CC1(C[C@H]2COC(C)(C)O2)CC1. The number of rotatable bonds is 2. The Balaban J connectivity index is 1.84. The van der Waals surface area contributed by atoms with E-state index in [2.05, 4.69) is 6.92 Å². The standard InChI is InChI=1S/C10H18O2/c1-9(2)11-7-8(12-9)6-10(3)4-5-10/h8H,4-7H2,1-3H3/t8-/m0/s1. The first kappa shape index (κ1) is 8.52. The van der Waals surface area contributed by atoms with Crippen molar-refractivity contribution in [1.82, 2.24) is 0 Å². The van der Waals surface area contributed by atoms with Gasteiger partial charge in [-0.15, -0.1) is 0 Å². The summed E-state index contributed by atoms with van der Waals surface area (Å²) in [5, 5.41) is 0. The van der Waals surface area contributed by atoms with Crippen LogP contribution in [0.4, 0.5) is 0 Å². The molecule has 1 heterocycles. The summed E-state index contributed by atoms with van der Waals surface area (Å²) in [4.78, 5) is 0. The molecule has 0 bridgehead atoms. The lowest BCUT2D eigenvalue weighted by Crippen LogP contribution is -2.22. The molecule has 0 N–H and O–H groups in total. The van der Waals surface area contributed by atoms with Crippen LogP contribution in [-0.4, -0.2) is 18.5 Å². The van der Waals surface area contributed by atoms with Crippen molar-refractivity contribution in [3.05, 3.63) is 0 Å². The van der Waals surface area contributed by atoms with Crippen LogP contribution in [0.5, 0.6) is 0 Å². The maximum atomic E-state index is 5.74. The summed E-state index contributed by atoms with van der Waals surface area (Å²) in [5.41, 5.74) is 0.578. The van der Waals surface area contributed by atoms with Crippen molar-refractivity contribution in [3.63, 3.8) is 0 Å². The molecule has 1 saturated carbocycles. The van der Waals surface area contributed by atoms with Crippen molar-refractivity contribution in [2.24, 2.45) is 5.41 Å². The van der Waals surface area contributed by atoms with Gasteiger partial charge in [0.15, 0.2) is 5.79 Å². The molecule has 0 spiro atoms. The predicted molar refractivity (Wildman–Crippen MR) is 46.9 cm³/mol. The Morgan fingerprint density at radius 2 is 1.92 bits per heavy atom. The van der Waals surface area contributed by atoms with Crippen molar-refractivity contribution >= 4 is 0 Å². The van der Waals surface area contributed by atoms with Gasteiger partial charge in [-0.1, -0.05) is 6.92 Å². The molecule has 1 aliphatic carbocycles. The van der Waals surface area contributed by atoms with Crippen LogP contribution in [0, 0.1) is 5.41 Å². The van der Waals surface area contributed by atoms with Crippen molar-refractivity contribution in [3.8, 4) is 0 Å². The van der Waals surface area contributed by atoms with Gasteiger partial charge in [-0.2, -0.15) is 0 Å². The summed E-state index contributed by atoms with van der Waals surface area (Å²) < 4.78 is 11.2. The first-order valence-electron chi connectivity index (χ1n) is 4.81. The molecular weight excluding hydrogens is 152 g/mol. The first-order chi connectivity index (χ1) is 5.49. The van der Waals surface area contributed by atoms with Gasteiger partial charge in [0.1, 0.15) is 0 Å². The van der Waals surface area contributed by atoms with E-state index in [9.17, 15) is 0 Å². The molecule has 2 fully saturated rings. The Kier molecular flexibility index (Phi) is 1.74. The Bertz CT molecular complexity index is 182. The summed E-state index contributed by atoms with van der Waals surface area (Å²) in [7, 11) is 0. The number of hydrogen-bond acceptors (Lipinski definition) is 2. The summed E-state index contributed by atoms with van der Waals surface area (Å²) >= 11 is 0. The Morgan fingerprint density at radius 1 is 1.25 bits per heavy atom. The fourth-order valence-corrected chi connectivity index (χ4v) is 1.83. The molecule has 70 valence electrons. The highest BCUT2D eigenvalue weighted by atomic mass is 16.7. The van der Waals surface area contributed by atoms with Gasteiger partial charge < -0.3 is 9.47 Å². The monoisotopic (exact) mass is 170 g/mol. The van der Waals surface area contributed by atoms with Gasteiger partial charge in [-0.25, -0.2) is 0 Å². The van der Waals surface area contributed by atoms with E-state index in [0.29, 0.717) is 11.5 Å². The minimum Gasteiger partial charge on any atom is -0.348 e.